The highest BCUT2D eigenvalue weighted by Crippen LogP contribution is 2.16. The van der Waals surface area contributed by atoms with Crippen molar-refractivity contribution in [2.24, 2.45) is 5.73 Å². The molecule has 1 aromatic carbocycles. The predicted molar refractivity (Wildman–Crippen MR) is 55.8 cm³/mol. The van der Waals surface area contributed by atoms with Crippen LogP contribution < -0.4 is 10.6 Å². The number of amides is 1. The third kappa shape index (κ3) is 2.70. The number of primary amides is 1. The van der Waals surface area contributed by atoms with Crippen molar-refractivity contribution in [1.29, 1.82) is 0 Å². The summed E-state index contributed by atoms with van der Waals surface area (Å²) in [5, 5.41) is 4.22. The van der Waals surface area contributed by atoms with Crippen molar-refractivity contribution in [1.82, 2.24) is 9.94 Å². The van der Waals surface area contributed by atoms with Crippen LogP contribution in [0, 0.1) is 0 Å². The van der Waals surface area contributed by atoms with Crippen molar-refractivity contribution in [2.45, 2.75) is 6.18 Å². The van der Waals surface area contributed by atoms with Crippen molar-refractivity contribution in [3.63, 3.8) is 0 Å². The van der Waals surface area contributed by atoms with Gasteiger partial charge in [0.15, 0.2) is 0 Å². The van der Waals surface area contributed by atoms with Gasteiger partial charge in [-0.3, -0.25) is 4.79 Å². The Bertz CT molecular complexity index is 592. The minimum absolute atomic E-state index is 0.248. The first kappa shape index (κ1) is 12.2. The van der Waals surface area contributed by atoms with Gasteiger partial charge < -0.3 is 10.6 Å². The van der Waals surface area contributed by atoms with Crippen molar-refractivity contribution in [3.8, 4) is 0 Å². The summed E-state index contributed by atoms with van der Waals surface area (Å²) in [6.45, 7) is -1.44. The first-order valence-corrected chi connectivity index (χ1v) is 4.84. The number of nitrogens with two attached hydrogens (primary N) is 1. The molecule has 8 heteroatoms. The number of nitrogens with zero attached hydrogens (tertiary/aromatic N) is 2. The molecule has 0 unspecified atom stereocenters. The molecule has 0 aliphatic carbocycles. The van der Waals surface area contributed by atoms with Crippen molar-refractivity contribution >= 4 is 16.8 Å². The Hall–Kier alpha value is -2.25. The number of fused-ring (bicyclic) bond motifs is 1. The molecule has 0 aliphatic heterocycles. The average molecular weight is 259 g/mol. The number of rotatable bonds is 3. The molecular formula is C10H8F3N3O2. The zero-order chi connectivity index (χ0) is 13.3. The van der Waals surface area contributed by atoms with E-state index >= 15 is 0 Å². The van der Waals surface area contributed by atoms with Gasteiger partial charge in [0.1, 0.15) is 0 Å². The maximum Gasteiger partial charge on any atom is 0.425 e. The Morgan fingerprint density at radius 1 is 1.44 bits per heavy atom. The van der Waals surface area contributed by atoms with E-state index in [1.54, 1.807) is 0 Å². The van der Waals surface area contributed by atoms with Crippen LogP contribution in [0.1, 0.15) is 10.4 Å². The molecule has 0 saturated heterocycles. The van der Waals surface area contributed by atoms with E-state index < -0.39 is 18.7 Å². The molecular weight excluding hydrogens is 251 g/mol. The van der Waals surface area contributed by atoms with Gasteiger partial charge in [0, 0.05) is 10.9 Å². The van der Waals surface area contributed by atoms with Gasteiger partial charge in [0.05, 0.1) is 11.7 Å². The molecule has 0 spiro atoms. The van der Waals surface area contributed by atoms with Crippen molar-refractivity contribution in [3.05, 3.63) is 30.0 Å². The molecule has 2 N–H and O–H groups in total. The molecule has 0 aliphatic rings. The first-order chi connectivity index (χ1) is 8.35. The van der Waals surface area contributed by atoms with E-state index in [2.05, 4.69) is 9.94 Å². The number of benzene rings is 1. The Kier molecular flexibility index (Phi) is 2.85. The van der Waals surface area contributed by atoms with Gasteiger partial charge in [-0.05, 0) is 18.2 Å². The minimum atomic E-state index is -4.43. The van der Waals surface area contributed by atoms with Crippen LogP contribution >= 0.6 is 0 Å². The second-order valence-corrected chi connectivity index (χ2v) is 3.56. The lowest BCUT2D eigenvalue weighted by molar-refractivity contribution is -0.177. The molecule has 0 fully saturated rings. The number of halogens is 3. The van der Waals surface area contributed by atoms with Crippen LogP contribution in [-0.2, 0) is 0 Å². The number of alkyl halides is 3. The van der Waals surface area contributed by atoms with E-state index in [1.165, 1.54) is 24.4 Å². The fraction of sp³-hybridized carbons (Fsp3) is 0.200. The van der Waals surface area contributed by atoms with Gasteiger partial charge in [-0.15, -0.1) is 9.94 Å². The maximum absolute atomic E-state index is 11.9. The molecule has 18 heavy (non-hydrogen) atoms. The molecule has 0 radical (unpaired) electrons. The van der Waals surface area contributed by atoms with E-state index in [4.69, 9.17) is 5.73 Å². The van der Waals surface area contributed by atoms with Crippen molar-refractivity contribution in [2.75, 3.05) is 6.61 Å². The summed E-state index contributed by atoms with van der Waals surface area (Å²) >= 11 is 0. The quantitative estimate of drug-likeness (QED) is 0.898. The summed E-state index contributed by atoms with van der Waals surface area (Å²) < 4.78 is 35.8. The third-order valence-corrected chi connectivity index (χ3v) is 2.13. The SMILES string of the molecule is NC(=O)c1ccc2nn(OCC(F)(F)F)cc2c1. The fourth-order valence-electron chi connectivity index (χ4n) is 1.36. The zero-order valence-corrected chi connectivity index (χ0v) is 8.94. The lowest BCUT2D eigenvalue weighted by Gasteiger charge is -2.06. The highest BCUT2D eigenvalue weighted by molar-refractivity contribution is 5.96. The van der Waals surface area contributed by atoms with Crippen LogP contribution in [0.15, 0.2) is 24.4 Å². The van der Waals surface area contributed by atoms with E-state index in [1.807, 2.05) is 0 Å². The summed E-state index contributed by atoms with van der Waals surface area (Å²) in [7, 11) is 0. The molecule has 0 saturated carbocycles. The third-order valence-electron chi connectivity index (χ3n) is 2.13. The number of carbonyl (C=O) groups excluding carboxylic acids is 1. The smallest absolute Gasteiger partial charge is 0.387 e. The topological polar surface area (TPSA) is 70.1 Å². The van der Waals surface area contributed by atoms with Crippen LogP contribution in [0.25, 0.3) is 10.9 Å². The minimum Gasteiger partial charge on any atom is -0.387 e. The predicted octanol–water partition coefficient (Wildman–Crippen LogP) is 1.13. The Labute approximate surface area is 98.9 Å². The normalized spacial score (nSPS) is 11.7. The number of hydrogen-bond donors (Lipinski definition) is 1. The average Bonchev–Trinajstić information content (AvgIpc) is 2.66. The lowest BCUT2D eigenvalue weighted by Crippen LogP contribution is -2.25. The van der Waals surface area contributed by atoms with Crippen LogP contribution in [0.2, 0.25) is 0 Å². The zero-order valence-electron chi connectivity index (χ0n) is 8.94. The van der Waals surface area contributed by atoms with Crippen LogP contribution in [0.3, 0.4) is 0 Å². The van der Waals surface area contributed by atoms with E-state index in [-0.39, 0.29) is 5.56 Å². The highest BCUT2D eigenvalue weighted by Gasteiger charge is 2.29. The first-order valence-electron chi connectivity index (χ1n) is 4.84. The summed E-state index contributed by atoms with van der Waals surface area (Å²) in [6.07, 6.45) is -3.19. The summed E-state index contributed by atoms with van der Waals surface area (Å²) in [4.78, 5) is 16.1. The largest absolute Gasteiger partial charge is 0.425 e. The molecule has 0 atom stereocenters. The summed E-state index contributed by atoms with van der Waals surface area (Å²) in [6, 6.07) is 4.34. The molecule has 1 aromatic heterocycles. The van der Waals surface area contributed by atoms with E-state index in [0.29, 0.717) is 15.7 Å². The molecule has 1 amide bonds. The molecule has 2 rings (SSSR count). The Morgan fingerprint density at radius 2 is 2.17 bits per heavy atom. The molecule has 1 heterocycles. The molecule has 5 nitrogen and oxygen atoms in total. The van der Waals surface area contributed by atoms with Gasteiger partial charge in [-0.25, -0.2) is 0 Å². The van der Waals surface area contributed by atoms with Gasteiger partial charge >= 0.3 is 6.18 Å². The summed E-state index contributed by atoms with van der Waals surface area (Å²) in [5.74, 6) is -0.624. The monoisotopic (exact) mass is 259 g/mol. The lowest BCUT2D eigenvalue weighted by atomic mass is 10.1. The van der Waals surface area contributed by atoms with Crippen molar-refractivity contribution < 1.29 is 22.8 Å². The maximum atomic E-state index is 11.9. The number of carbonyl (C=O) groups is 1. The van der Waals surface area contributed by atoms with Crippen LogP contribution in [-0.4, -0.2) is 28.6 Å². The van der Waals surface area contributed by atoms with Gasteiger partial charge in [0.25, 0.3) is 0 Å². The number of aromatic nitrogens is 2. The molecule has 96 valence electrons. The van der Waals surface area contributed by atoms with Gasteiger partial charge in [0.2, 0.25) is 12.5 Å². The fourth-order valence-corrected chi connectivity index (χ4v) is 1.36. The summed E-state index contributed by atoms with van der Waals surface area (Å²) in [5.41, 5.74) is 5.73. The Morgan fingerprint density at radius 3 is 2.78 bits per heavy atom. The molecule has 2 aromatic rings. The van der Waals surface area contributed by atoms with Crippen LogP contribution in [0.5, 0.6) is 0 Å². The second kappa shape index (κ2) is 4.21. The van der Waals surface area contributed by atoms with E-state index in [0.717, 1.165) is 0 Å². The molecule has 0 bridgehead atoms. The Balaban J connectivity index is 2.24. The standard InChI is InChI=1S/C10H8F3N3O2/c11-10(12,13)5-18-16-4-7-3-6(9(14)17)1-2-8(7)15-16/h1-4H,5H2,(H2,14,17). The highest BCUT2D eigenvalue weighted by atomic mass is 19.4. The van der Waals surface area contributed by atoms with Gasteiger partial charge in [-0.1, -0.05) is 0 Å². The van der Waals surface area contributed by atoms with Gasteiger partial charge in [-0.2, -0.15) is 13.2 Å². The van der Waals surface area contributed by atoms with Crippen LogP contribution in [0.4, 0.5) is 13.2 Å². The second-order valence-electron chi connectivity index (χ2n) is 3.56. The number of hydrogen-bond acceptors (Lipinski definition) is 3. The van der Waals surface area contributed by atoms with E-state index in [9.17, 15) is 18.0 Å².